The number of amides is 1. The van der Waals surface area contributed by atoms with Gasteiger partial charge in [0.15, 0.2) is 17.3 Å². The molecule has 1 saturated carbocycles. The summed E-state index contributed by atoms with van der Waals surface area (Å²) < 4.78 is 67.9. The summed E-state index contributed by atoms with van der Waals surface area (Å²) in [6.07, 6.45) is -3.26. The molecule has 1 aliphatic heterocycles. The van der Waals surface area contributed by atoms with Crippen LogP contribution in [0.25, 0.3) is 0 Å². The van der Waals surface area contributed by atoms with Crippen molar-refractivity contribution in [3.05, 3.63) is 51.8 Å². The van der Waals surface area contributed by atoms with Gasteiger partial charge in [-0.15, -0.1) is 0 Å². The molecule has 1 aromatic heterocycles. The highest BCUT2D eigenvalue weighted by molar-refractivity contribution is 6.32. The summed E-state index contributed by atoms with van der Waals surface area (Å²) in [5.74, 6) is -2.26. The SMILES string of the molecule is O=C(Cn1nc(C(F)(F)F)c(Cl)c1C1CC1)N1CCN(Cc2cccc(F)c2F)CC1. The van der Waals surface area contributed by atoms with Crippen molar-refractivity contribution in [2.24, 2.45) is 0 Å². The summed E-state index contributed by atoms with van der Waals surface area (Å²) in [6.45, 7) is 1.42. The number of hydrogen-bond donors (Lipinski definition) is 0. The number of rotatable bonds is 5. The van der Waals surface area contributed by atoms with E-state index >= 15 is 0 Å². The highest BCUT2D eigenvalue weighted by Gasteiger charge is 2.42. The molecule has 4 rings (SSSR count). The molecule has 0 unspecified atom stereocenters. The van der Waals surface area contributed by atoms with Crippen LogP contribution in [0.3, 0.4) is 0 Å². The topological polar surface area (TPSA) is 41.4 Å². The molecule has 2 heterocycles. The lowest BCUT2D eigenvalue weighted by Crippen LogP contribution is -2.49. The Morgan fingerprint density at radius 2 is 1.81 bits per heavy atom. The lowest BCUT2D eigenvalue weighted by Gasteiger charge is -2.35. The van der Waals surface area contributed by atoms with Gasteiger partial charge in [0, 0.05) is 44.2 Å². The standard InChI is InChI=1S/C20H20ClF5N4O/c21-16-18(12-4-5-12)30(27-19(16)20(24,25)26)11-15(31)29-8-6-28(7-9-29)10-13-2-1-3-14(22)17(13)23/h1-3,12H,4-11H2. The zero-order chi connectivity index (χ0) is 22.3. The molecule has 11 heteroatoms. The molecular weight excluding hydrogens is 443 g/mol. The van der Waals surface area contributed by atoms with Crippen LogP contribution in [0.4, 0.5) is 22.0 Å². The van der Waals surface area contributed by atoms with Crippen LogP contribution in [0.2, 0.25) is 5.02 Å². The molecule has 168 valence electrons. The van der Waals surface area contributed by atoms with Gasteiger partial charge in [-0.25, -0.2) is 8.78 Å². The summed E-state index contributed by atoms with van der Waals surface area (Å²) in [5, 5.41) is 3.16. The van der Waals surface area contributed by atoms with Crippen molar-refractivity contribution in [2.45, 2.75) is 38.0 Å². The maximum atomic E-state index is 13.9. The van der Waals surface area contributed by atoms with E-state index < -0.39 is 28.5 Å². The summed E-state index contributed by atoms with van der Waals surface area (Å²) >= 11 is 5.95. The molecule has 2 fully saturated rings. The lowest BCUT2D eigenvalue weighted by molar-refractivity contribution is -0.142. The van der Waals surface area contributed by atoms with Crippen molar-refractivity contribution in [3.8, 4) is 0 Å². The van der Waals surface area contributed by atoms with Crippen LogP contribution in [-0.2, 0) is 24.1 Å². The summed E-state index contributed by atoms with van der Waals surface area (Å²) in [4.78, 5) is 16.1. The first-order valence-electron chi connectivity index (χ1n) is 9.91. The highest BCUT2D eigenvalue weighted by Crippen LogP contribution is 2.46. The zero-order valence-electron chi connectivity index (χ0n) is 16.4. The largest absolute Gasteiger partial charge is 0.436 e. The summed E-state index contributed by atoms with van der Waals surface area (Å²) in [7, 11) is 0. The molecular formula is C20H20ClF5N4O. The first-order valence-corrected chi connectivity index (χ1v) is 10.3. The molecule has 0 radical (unpaired) electrons. The van der Waals surface area contributed by atoms with Gasteiger partial charge in [0.1, 0.15) is 6.54 Å². The molecule has 0 atom stereocenters. The normalized spacial score (nSPS) is 17.9. The Kier molecular flexibility index (Phi) is 5.95. The minimum Gasteiger partial charge on any atom is -0.339 e. The van der Waals surface area contributed by atoms with E-state index in [4.69, 9.17) is 11.6 Å². The van der Waals surface area contributed by atoms with E-state index in [2.05, 4.69) is 5.10 Å². The van der Waals surface area contributed by atoms with Crippen LogP contribution < -0.4 is 0 Å². The second kappa shape index (κ2) is 8.38. The van der Waals surface area contributed by atoms with Gasteiger partial charge in [0.2, 0.25) is 5.91 Å². The molecule has 5 nitrogen and oxygen atoms in total. The van der Waals surface area contributed by atoms with E-state index in [1.165, 1.54) is 17.0 Å². The van der Waals surface area contributed by atoms with Gasteiger partial charge in [-0.05, 0) is 18.9 Å². The molecule has 0 spiro atoms. The van der Waals surface area contributed by atoms with Gasteiger partial charge in [0.25, 0.3) is 0 Å². The van der Waals surface area contributed by atoms with Crippen LogP contribution in [0, 0.1) is 11.6 Å². The Bertz CT molecular complexity index is 981. The quantitative estimate of drug-likeness (QED) is 0.629. The van der Waals surface area contributed by atoms with Crippen molar-refractivity contribution < 1.29 is 26.7 Å². The number of hydrogen-bond acceptors (Lipinski definition) is 3. The first-order chi connectivity index (χ1) is 14.6. The van der Waals surface area contributed by atoms with Crippen LogP contribution in [-0.4, -0.2) is 51.7 Å². The molecule has 31 heavy (non-hydrogen) atoms. The molecule has 1 aliphatic carbocycles. The van der Waals surface area contributed by atoms with Crippen LogP contribution in [0.5, 0.6) is 0 Å². The third kappa shape index (κ3) is 4.69. The number of aromatic nitrogens is 2. The second-order valence-corrected chi connectivity index (χ2v) is 8.23. The fourth-order valence-corrected chi connectivity index (χ4v) is 4.19. The Morgan fingerprint density at radius 3 is 2.42 bits per heavy atom. The first kappa shape index (κ1) is 22.0. The Hall–Kier alpha value is -2.20. The number of benzene rings is 1. The maximum Gasteiger partial charge on any atom is 0.436 e. The van der Waals surface area contributed by atoms with Gasteiger partial charge in [-0.2, -0.15) is 18.3 Å². The third-order valence-electron chi connectivity index (χ3n) is 5.60. The van der Waals surface area contributed by atoms with Gasteiger partial charge < -0.3 is 4.90 Å². The average Bonchev–Trinajstić information content (AvgIpc) is 3.48. The molecule has 1 amide bonds. The lowest BCUT2D eigenvalue weighted by atomic mass is 10.1. The maximum absolute atomic E-state index is 13.9. The average molecular weight is 463 g/mol. The minimum absolute atomic E-state index is 0.109. The van der Waals surface area contributed by atoms with Crippen molar-refractivity contribution in [1.29, 1.82) is 0 Å². The van der Waals surface area contributed by atoms with Crippen molar-refractivity contribution in [2.75, 3.05) is 26.2 Å². The van der Waals surface area contributed by atoms with E-state index in [0.29, 0.717) is 39.0 Å². The van der Waals surface area contributed by atoms with Crippen molar-refractivity contribution in [1.82, 2.24) is 19.6 Å². The number of alkyl halides is 3. The fourth-order valence-electron chi connectivity index (χ4n) is 3.80. The number of nitrogens with zero attached hydrogens (tertiary/aromatic N) is 4. The highest BCUT2D eigenvalue weighted by atomic mass is 35.5. The number of piperazine rings is 1. The number of carbonyl (C=O) groups is 1. The van der Waals surface area contributed by atoms with Gasteiger partial charge in [-0.3, -0.25) is 14.4 Å². The van der Waals surface area contributed by atoms with Gasteiger partial charge in [-0.1, -0.05) is 23.7 Å². The van der Waals surface area contributed by atoms with E-state index in [0.717, 1.165) is 10.7 Å². The second-order valence-electron chi connectivity index (χ2n) is 7.85. The Labute approximate surface area is 180 Å². The Balaban J connectivity index is 1.39. The Morgan fingerprint density at radius 1 is 1.13 bits per heavy atom. The zero-order valence-corrected chi connectivity index (χ0v) is 17.2. The van der Waals surface area contributed by atoms with Crippen molar-refractivity contribution in [3.63, 3.8) is 0 Å². The van der Waals surface area contributed by atoms with Crippen LogP contribution >= 0.6 is 11.6 Å². The van der Waals surface area contributed by atoms with E-state index in [9.17, 15) is 26.7 Å². The van der Waals surface area contributed by atoms with Gasteiger partial charge >= 0.3 is 6.18 Å². The number of carbonyl (C=O) groups excluding carboxylic acids is 1. The smallest absolute Gasteiger partial charge is 0.339 e. The third-order valence-corrected chi connectivity index (χ3v) is 5.97. The molecule has 0 N–H and O–H groups in total. The van der Waals surface area contributed by atoms with E-state index in [1.807, 2.05) is 4.90 Å². The molecule has 0 bridgehead atoms. The van der Waals surface area contributed by atoms with E-state index in [-0.39, 0.29) is 36.2 Å². The predicted molar refractivity (Wildman–Crippen MR) is 102 cm³/mol. The fraction of sp³-hybridized carbons (Fsp3) is 0.500. The minimum atomic E-state index is -4.69. The molecule has 2 aromatic rings. The van der Waals surface area contributed by atoms with Crippen LogP contribution in [0.15, 0.2) is 18.2 Å². The van der Waals surface area contributed by atoms with Gasteiger partial charge in [0.05, 0.1) is 10.7 Å². The number of halogens is 6. The summed E-state index contributed by atoms with van der Waals surface area (Å²) in [6, 6.07) is 4.00. The monoisotopic (exact) mass is 462 g/mol. The van der Waals surface area contributed by atoms with Crippen molar-refractivity contribution >= 4 is 17.5 Å². The predicted octanol–water partition coefficient (Wildman–Crippen LogP) is 4.06. The van der Waals surface area contributed by atoms with E-state index in [1.54, 1.807) is 0 Å². The molecule has 1 aromatic carbocycles. The van der Waals surface area contributed by atoms with Crippen LogP contribution in [0.1, 0.15) is 35.7 Å². The summed E-state index contributed by atoms with van der Waals surface area (Å²) in [5.41, 5.74) is -0.659. The molecule has 2 aliphatic rings. The molecule has 1 saturated heterocycles.